The van der Waals surface area contributed by atoms with Gasteiger partial charge in [-0.05, 0) is 48.0 Å². The van der Waals surface area contributed by atoms with Crippen molar-refractivity contribution in [2.75, 3.05) is 19.5 Å². The van der Waals surface area contributed by atoms with Gasteiger partial charge in [-0.3, -0.25) is 14.9 Å². The highest BCUT2D eigenvalue weighted by Gasteiger charge is 2.19. The number of nitrogens with zero attached hydrogens (tertiary/aromatic N) is 2. The van der Waals surface area contributed by atoms with Crippen LogP contribution in [0.2, 0.25) is 0 Å². The van der Waals surface area contributed by atoms with Crippen LogP contribution in [0.4, 0.5) is 11.4 Å². The Labute approximate surface area is 200 Å². The van der Waals surface area contributed by atoms with Gasteiger partial charge in [0.1, 0.15) is 23.1 Å². The molecule has 3 aromatic rings. The van der Waals surface area contributed by atoms with Crippen LogP contribution in [-0.2, 0) is 4.79 Å². The Morgan fingerprint density at radius 3 is 2.37 bits per heavy atom. The van der Waals surface area contributed by atoms with Crippen LogP contribution in [0.5, 0.6) is 17.2 Å². The second kappa shape index (κ2) is 11.1. The molecule has 0 aliphatic heterocycles. The monoisotopic (exact) mass is 473 g/mol. The molecule has 0 aliphatic carbocycles. The third kappa shape index (κ3) is 6.00. The van der Waals surface area contributed by atoms with E-state index in [4.69, 9.17) is 14.2 Å². The van der Waals surface area contributed by atoms with Crippen molar-refractivity contribution in [1.29, 1.82) is 5.26 Å². The van der Waals surface area contributed by atoms with Crippen LogP contribution in [0.15, 0.2) is 72.3 Å². The third-order valence-corrected chi connectivity index (χ3v) is 4.73. The van der Waals surface area contributed by atoms with E-state index < -0.39 is 16.8 Å². The van der Waals surface area contributed by atoms with Gasteiger partial charge in [-0.15, -0.1) is 0 Å². The Kier molecular flexibility index (Phi) is 7.77. The number of carbonyl (C=O) groups is 2. The number of hydrogen-bond acceptors (Lipinski definition) is 8. The minimum absolute atomic E-state index is 0.0947. The van der Waals surface area contributed by atoms with Crippen LogP contribution in [0.1, 0.15) is 15.9 Å². The molecule has 0 bridgehead atoms. The number of rotatable bonds is 8. The van der Waals surface area contributed by atoms with Crippen molar-refractivity contribution < 1.29 is 28.7 Å². The summed E-state index contributed by atoms with van der Waals surface area (Å²) in [4.78, 5) is 35.6. The molecule has 1 N–H and O–H groups in total. The summed E-state index contributed by atoms with van der Waals surface area (Å²) in [5.74, 6) is -0.836. The number of amides is 1. The standard InChI is InChI=1S/C25H19N3O7/c1-33-19-9-10-20(21(14-19)28(31)32)27-24(29)18(15-26)12-16-8-11-22(23(13-16)34-2)35-25(30)17-6-4-3-5-7-17/h3-14H,1-2H3,(H,27,29)/b18-12+. The highest BCUT2D eigenvalue weighted by Crippen LogP contribution is 2.31. The van der Waals surface area contributed by atoms with E-state index in [1.54, 1.807) is 36.4 Å². The molecule has 0 aliphatic rings. The molecule has 0 aromatic heterocycles. The minimum atomic E-state index is -0.848. The molecule has 3 rings (SSSR count). The van der Waals surface area contributed by atoms with Crippen LogP contribution >= 0.6 is 0 Å². The molecule has 3 aromatic carbocycles. The lowest BCUT2D eigenvalue weighted by Crippen LogP contribution is -2.14. The van der Waals surface area contributed by atoms with Crippen LogP contribution in [0, 0.1) is 21.4 Å². The number of anilines is 1. The van der Waals surface area contributed by atoms with Gasteiger partial charge in [0.2, 0.25) is 0 Å². The number of hydrogen-bond donors (Lipinski definition) is 1. The maximum absolute atomic E-state index is 12.6. The number of nitro benzene ring substituents is 1. The maximum Gasteiger partial charge on any atom is 0.343 e. The van der Waals surface area contributed by atoms with Gasteiger partial charge in [-0.1, -0.05) is 24.3 Å². The highest BCUT2D eigenvalue weighted by atomic mass is 16.6. The second-order valence-corrected chi connectivity index (χ2v) is 6.93. The number of nitriles is 1. The second-order valence-electron chi connectivity index (χ2n) is 6.93. The molecule has 1 amide bonds. The maximum atomic E-state index is 12.6. The summed E-state index contributed by atoms with van der Waals surface area (Å²) in [6, 6.07) is 18.6. The van der Waals surface area contributed by atoms with Crippen molar-refractivity contribution in [2.45, 2.75) is 0 Å². The summed E-state index contributed by atoms with van der Waals surface area (Å²) in [6.45, 7) is 0. The first-order valence-electron chi connectivity index (χ1n) is 10.1. The van der Waals surface area contributed by atoms with Crippen LogP contribution in [-0.4, -0.2) is 31.0 Å². The van der Waals surface area contributed by atoms with E-state index >= 15 is 0 Å². The van der Waals surface area contributed by atoms with Gasteiger partial charge >= 0.3 is 5.97 Å². The zero-order valence-corrected chi connectivity index (χ0v) is 18.7. The lowest BCUT2D eigenvalue weighted by Gasteiger charge is -2.10. The van der Waals surface area contributed by atoms with Crippen molar-refractivity contribution in [3.63, 3.8) is 0 Å². The molecule has 0 saturated heterocycles. The number of nitrogens with one attached hydrogen (secondary N) is 1. The largest absolute Gasteiger partial charge is 0.496 e. The van der Waals surface area contributed by atoms with E-state index in [1.165, 1.54) is 50.6 Å². The lowest BCUT2D eigenvalue weighted by atomic mass is 10.1. The predicted octanol–water partition coefficient (Wildman–Crippen LogP) is 4.38. The van der Waals surface area contributed by atoms with Gasteiger partial charge in [0.25, 0.3) is 11.6 Å². The number of ether oxygens (including phenoxy) is 3. The summed E-state index contributed by atoms with van der Waals surface area (Å²) in [5, 5.41) is 23.2. The zero-order chi connectivity index (χ0) is 25.4. The van der Waals surface area contributed by atoms with Crippen molar-refractivity contribution in [1.82, 2.24) is 0 Å². The molecular weight excluding hydrogens is 454 g/mol. The molecular formula is C25H19N3O7. The van der Waals surface area contributed by atoms with Gasteiger partial charge in [0, 0.05) is 0 Å². The van der Waals surface area contributed by atoms with Crippen molar-refractivity contribution >= 4 is 29.3 Å². The highest BCUT2D eigenvalue weighted by molar-refractivity contribution is 6.10. The van der Waals surface area contributed by atoms with Gasteiger partial charge in [-0.25, -0.2) is 4.79 Å². The minimum Gasteiger partial charge on any atom is -0.496 e. The van der Waals surface area contributed by atoms with Crippen LogP contribution < -0.4 is 19.5 Å². The first-order chi connectivity index (χ1) is 16.9. The molecule has 0 unspecified atom stereocenters. The summed E-state index contributed by atoms with van der Waals surface area (Å²) in [6.07, 6.45) is 1.27. The zero-order valence-electron chi connectivity index (χ0n) is 18.7. The predicted molar refractivity (Wildman–Crippen MR) is 126 cm³/mol. The Morgan fingerprint density at radius 1 is 1.00 bits per heavy atom. The van der Waals surface area contributed by atoms with Crippen LogP contribution in [0.3, 0.4) is 0 Å². The number of esters is 1. The average molecular weight is 473 g/mol. The number of nitro groups is 1. The molecule has 0 fully saturated rings. The Balaban J connectivity index is 1.83. The first kappa shape index (κ1) is 24.5. The Hall–Kier alpha value is -5.17. The average Bonchev–Trinajstić information content (AvgIpc) is 2.88. The number of benzene rings is 3. The molecule has 0 radical (unpaired) electrons. The van der Waals surface area contributed by atoms with Gasteiger partial charge in [0.05, 0.1) is 30.8 Å². The Morgan fingerprint density at radius 2 is 1.74 bits per heavy atom. The summed E-state index contributed by atoms with van der Waals surface area (Å²) < 4.78 is 15.6. The van der Waals surface area contributed by atoms with E-state index in [9.17, 15) is 25.0 Å². The van der Waals surface area contributed by atoms with E-state index in [1.807, 2.05) is 0 Å². The number of methoxy groups -OCH3 is 2. The normalized spacial score (nSPS) is 10.6. The Bertz CT molecular complexity index is 1340. The molecule has 35 heavy (non-hydrogen) atoms. The fraction of sp³-hybridized carbons (Fsp3) is 0.0800. The molecule has 0 heterocycles. The molecule has 10 nitrogen and oxygen atoms in total. The fourth-order valence-electron chi connectivity index (χ4n) is 2.99. The van der Waals surface area contributed by atoms with Gasteiger partial charge in [0.15, 0.2) is 11.5 Å². The summed E-state index contributed by atoms with van der Waals surface area (Å²) >= 11 is 0. The smallest absolute Gasteiger partial charge is 0.343 e. The van der Waals surface area contributed by atoms with E-state index in [2.05, 4.69) is 5.32 Å². The SMILES string of the molecule is COc1ccc(NC(=O)/C(C#N)=C/c2ccc(OC(=O)c3ccccc3)c(OC)c2)c([N+](=O)[O-])c1. The summed E-state index contributed by atoms with van der Waals surface area (Å²) in [5.41, 5.74) is -0.0398. The van der Waals surface area contributed by atoms with Gasteiger partial charge < -0.3 is 19.5 Å². The first-order valence-corrected chi connectivity index (χ1v) is 10.1. The van der Waals surface area contributed by atoms with Gasteiger partial charge in [-0.2, -0.15) is 5.26 Å². The van der Waals surface area contributed by atoms with Crippen LogP contribution in [0.25, 0.3) is 6.08 Å². The quantitative estimate of drug-likeness (QED) is 0.127. The van der Waals surface area contributed by atoms with E-state index in [0.717, 1.165) is 6.07 Å². The molecule has 0 saturated carbocycles. The molecule has 0 spiro atoms. The van der Waals surface area contributed by atoms with Crippen molar-refractivity contribution in [3.8, 4) is 23.3 Å². The third-order valence-electron chi connectivity index (χ3n) is 4.73. The lowest BCUT2D eigenvalue weighted by molar-refractivity contribution is -0.384. The number of carbonyl (C=O) groups excluding carboxylic acids is 2. The molecule has 176 valence electrons. The van der Waals surface area contributed by atoms with E-state index in [-0.39, 0.29) is 34.2 Å². The molecule has 0 atom stereocenters. The summed E-state index contributed by atoms with van der Waals surface area (Å²) in [7, 11) is 2.74. The van der Waals surface area contributed by atoms with Crippen molar-refractivity contribution in [3.05, 3.63) is 93.5 Å². The van der Waals surface area contributed by atoms with Crippen molar-refractivity contribution in [2.24, 2.45) is 0 Å². The topological polar surface area (TPSA) is 141 Å². The molecule has 10 heteroatoms. The fourth-order valence-corrected chi connectivity index (χ4v) is 2.99. The van der Waals surface area contributed by atoms with E-state index in [0.29, 0.717) is 11.1 Å².